The standard InChI is InChI=1S/C20H33F3/c1-12-3-7-16(19(22)9-12)15-6-8-17(20(23)11-15)14-5-4-13(2)18(21)10-14/h12-20H,3-11H2,1-2H3/t12?,13?,14?,15?,16?,17?,18?,19-,20?/m1/s1. The van der Waals surface area contributed by atoms with Gasteiger partial charge in [-0.25, -0.2) is 13.2 Å². The van der Waals surface area contributed by atoms with Crippen LogP contribution >= 0.6 is 0 Å². The highest BCUT2D eigenvalue weighted by molar-refractivity contribution is 4.92. The lowest BCUT2D eigenvalue weighted by molar-refractivity contribution is -0.00166. The normalized spacial score (nSPS) is 52.3. The summed E-state index contributed by atoms with van der Waals surface area (Å²) in [6, 6.07) is 0. The second kappa shape index (κ2) is 7.35. The Morgan fingerprint density at radius 2 is 1.09 bits per heavy atom. The van der Waals surface area contributed by atoms with E-state index in [1.54, 1.807) is 0 Å². The van der Waals surface area contributed by atoms with E-state index in [0.717, 1.165) is 38.5 Å². The highest BCUT2D eigenvalue weighted by Gasteiger charge is 2.43. The molecule has 134 valence electrons. The molecule has 0 heterocycles. The average molecular weight is 330 g/mol. The van der Waals surface area contributed by atoms with Gasteiger partial charge in [0.15, 0.2) is 0 Å². The summed E-state index contributed by atoms with van der Waals surface area (Å²) in [7, 11) is 0. The third-order valence-corrected chi connectivity index (χ3v) is 7.30. The minimum absolute atomic E-state index is 0.0255. The molecule has 0 N–H and O–H groups in total. The van der Waals surface area contributed by atoms with Crippen LogP contribution in [0, 0.1) is 35.5 Å². The quantitative estimate of drug-likeness (QED) is 0.558. The number of hydrogen-bond acceptors (Lipinski definition) is 0. The maximum atomic E-state index is 14.8. The third kappa shape index (κ3) is 3.90. The van der Waals surface area contributed by atoms with Gasteiger partial charge >= 0.3 is 0 Å². The maximum Gasteiger partial charge on any atom is 0.103 e. The van der Waals surface area contributed by atoms with Gasteiger partial charge in [-0.05, 0) is 86.9 Å². The van der Waals surface area contributed by atoms with Gasteiger partial charge in [-0.1, -0.05) is 20.3 Å². The van der Waals surface area contributed by atoms with Crippen molar-refractivity contribution < 1.29 is 13.2 Å². The molecule has 0 radical (unpaired) electrons. The molecule has 3 rings (SSSR count). The van der Waals surface area contributed by atoms with Gasteiger partial charge in [-0.15, -0.1) is 0 Å². The summed E-state index contributed by atoms with van der Waals surface area (Å²) in [5.41, 5.74) is 0. The van der Waals surface area contributed by atoms with Crippen LogP contribution in [-0.2, 0) is 0 Å². The predicted molar refractivity (Wildman–Crippen MR) is 88.5 cm³/mol. The Bertz CT molecular complexity index is 385. The summed E-state index contributed by atoms with van der Waals surface area (Å²) in [4.78, 5) is 0. The summed E-state index contributed by atoms with van der Waals surface area (Å²) in [6.07, 6.45) is 5.07. The topological polar surface area (TPSA) is 0 Å². The Morgan fingerprint density at radius 3 is 1.65 bits per heavy atom. The molecule has 0 aromatic carbocycles. The zero-order valence-electron chi connectivity index (χ0n) is 14.7. The largest absolute Gasteiger partial charge is 0.247 e. The first-order valence-electron chi connectivity index (χ1n) is 9.88. The van der Waals surface area contributed by atoms with Gasteiger partial charge in [0.2, 0.25) is 0 Å². The van der Waals surface area contributed by atoms with E-state index in [4.69, 9.17) is 0 Å². The summed E-state index contributed by atoms with van der Waals surface area (Å²) in [5.74, 6) is 1.14. The van der Waals surface area contributed by atoms with Crippen LogP contribution in [0.15, 0.2) is 0 Å². The Balaban J connectivity index is 1.55. The van der Waals surface area contributed by atoms with E-state index in [1.807, 2.05) is 6.92 Å². The molecule has 0 amide bonds. The molecule has 0 aromatic rings. The van der Waals surface area contributed by atoms with Crippen LogP contribution in [0.3, 0.4) is 0 Å². The van der Waals surface area contributed by atoms with E-state index < -0.39 is 18.5 Å². The zero-order chi connectivity index (χ0) is 16.6. The molecule has 0 aliphatic heterocycles. The van der Waals surface area contributed by atoms with Gasteiger partial charge in [0.25, 0.3) is 0 Å². The Hall–Kier alpha value is -0.210. The zero-order valence-corrected chi connectivity index (χ0v) is 14.7. The maximum absolute atomic E-state index is 14.8. The molecule has 0 saturated heterocycles. The molecule has 3 saturated carbocycles. The molecule has 9 atom stereocenters. The molecule has 0 nitrogen and oxygen atoms in total. The van der Waals surface area contributed by atoms with Gasteiger partial charge in [0.05, 0.1) is 0 Å². The number of alkyl halides is 3. The van der Waals surface area contributed by atoms with Crippen molar-refractivity contribution in [3.63, 3.8) is 0 Å². The van der Waals surface area contributed by atoms with Crippen molar-refractivity contribution in [3.05, 3.63) is 0 Å². The predicted octanol–water partition coefficient (Wildman–Crippen LogP) is 6.29. The van der Waals surface area contributed by atoms with Crippen LogP contribution in [0.25, 0.3) is 0 Å². The van der Waals surface area contributed by atoms with Crippen molar-refractivity contribution in [2.45, 2.75) is 90.1 Å². The van der Waals surface area contributed by atoms with Crippen LogP contribution in [0.1, 0.15) is 71.6 Å². The molecule has 3 heteroatoms. The van der Waals surface area contributed by atoms with Crippen LogP contribution in [0.4, 0.5) is 13.2 Å². The van der Waals surface area contributed by atoms with Gasteiger partial charge in [-0.2, -0.15) is 0 Å². The van der Waals surface area contributed by atoms with Crippen molar-refractivity contribution in [1.29, 1.82) is 0 Å². The monoisotopic (exact) mass is 330 g/mol. The second-order valence-corrected chi connectivity index (χ2v) is 8.92. The Kier molecular flexibility index (Phi) is 5.63. The molecule has 8 unspecified atom stereocenters. The number of hydrogen-bond donors (Lipinski definition) is 0. The van der Waals surface area contributed by atoms with Crippen LogP contribution < -0.4 is 0 Å². The highest BCUT2D eigenvalue weighted by atomic mass is 19.1. The third-order valence-electron chi connectivity index (χ3n) is 7.30. The lowest BCUT2D eigenvalue weighted by atomic mass is 9.64. The van der Waals surface area contributed by atoms with Crippen LogP contribution in [-0.4, -0.2) is 18.5 Å². The molecular weight excluding hydrogens is 297 g/mol. The minimum atomic E-state index is -0.842. The molecule has 0 spiro atoms. The van der Waals surface area contributed by atoms with Crippen molar-refractivity contribution >= 4 is 0 Å². The van der Waals surface area contributed by atoms with E-state index in [1.165, 1.54) is 0 Å². The van der Waals surface area contributed by atoms with Gasteiger partial charge < -0.3 is 0 Å². The van der Waals surface area contributed by atoms with E-state index in [-0.39, 0.29) is 29.6 Å². The van der Waals surface area contributed by atoms with Crippen molar-refractivity contribution in [3.8, 4) is 0 Å². The Labute approximate surface area is 139 Å². The van der Waals surface area contributed by atoms with Gasteiger partial charge in [0, 0.05) is 0 Å². The van der Waals surface area contributed by atoms with Crippen LogP contribution in [0.5, 0.6) is 0 Å². The molecule has 0 aromatic heterocycles. The fourth-order valence-corrected chi connectivity index (χ4v) is 5.64. The van der Waals surface area contributed by atoms with E-state index in [9.17, 15) is 13.2 Å². The van der Waals surface area contributed by atoms with Crippen molar-refractivity contribution in [2.75, 3.05) is 0 Å². The molecule has 3 aliphatic rings. The lowest BCUT2D eigenvalue weighted by Crippen LogP contribution is -2.40. The van der Waals surface area contributed by atoms with Crippen molar-refractivity contribution in [1.82, 2.24) is 0 Å². The lowest BCUT2D eigenvalue weighted by Gasteiger charge is -2.44. The fraction of sp³-hybridized carbons (Fsp3) is 1.00. The summed E-state index contributed by atoms with van der Waals surface area (Å²) < 4.78 is 43.2. The minimum Gasteiger partial charge on any atom is -0.247 e. The van der Waals surface area contributed by atoms with E-state index in [0.29, 0.717) is 25.2 Å². The summed E-state index contributed by atoms with van der Waals surface area (Å²) >= 11 is 0. The fourth-order valence-electron chi connectivity index (χ4n) is 5.64. The van der Waals surface area contributed by atoms with E-state index >= 15 is 0 Å². The number of rotatable bonds is 2. The molecular formula is C20H33F3. The summed E-state index contributed by atoms with van der Waals surface area (Å²) in [5, 5.41) is 0. The first-order chi connectivity index (χ1) is 11.0. The molecule has 3 fully saturated rings. The first-order valence-corrected chi connectivity index (χ1v) is 9.88. The Morgan fingerprint density at radius 1 is 0.565 bits per heavy atom. The van der Waals surface area contributed by atoms with Gasteiger partial charge in [-0.3, -0.25) is 0 Å². The smallest absolute Gasteiger partial charge is 0.103 e. The molecule has 23 heavy (non-hydrogen) atoms. The first kappa shape index (κ1) is 17.6. The average Bonchev–Trinajstić information content (AvgIpc) is 2.50. The molecule has 0 bridgehead atoms. The van der Waals surface area contributed by atoms with E-state index in [2.05, 4.69) is 6.92 Å². The van der Waals surface area contributed by atoms with Crippen LogP contribution in [0.2, 0.25) is 0 Å². The molecule has 3 aliphatic carbocycles. The van der Waals surface area contributed by atoms with Gasteiger partial charge in [0.1, 0.15) is 18.5 Å². The second-order valence-electron chi connectivity index (χ2n) is 8.92. The number of halogens is 3. The van der Waals surface area contributed by atoms with Crippen molar-refractivity contribution in [2.24, 2.45) is 35.5 Å². The SMILES string of the molecule is CC1CCC(C2CCC(C3CCC(C)C(F)C3)C(F)C2)[C@H](F)C1. The summed E-state index contributed by atoms with van der Waals surface area (Å²) in [6.45, 7) is 4.09. The highest BCUT2D eigenvalue weighted by Crippen LogP contribution is 2.47.